The van der Waals surface area contributed by atoms with E-state index in [0.717, 1.165) is 15.7 Å². The van der Waals surface area contributed by atoms with Crippen molar-refractivity contribution in [1.29, 1.82) is 0 Å². The molecule has 1 N–H and O–H groups in total. The van der Waals surface area contributed by atoms with Crippen molar-refractivity contribution >= 4 is 27.5 Å². The molecule has 2 aromatic rings. The first-order valence-electron chi connectivity index (χ1n) is 5.88. The molecular formula is C15H14BrNO2. The van der Waals surface area contributed by atoms with Crippen LogP contribution in [0.1, 0.15) is 5.56 Å². The summed E-state index contributed by atoms with van der Waals surface area (Å²) >= 11 is 3.34. The molecule has 0 unspecified atom stereocenters. The van der Waals surface area contributed by atoms with Gasteiger partial charge in [-0.1, -0.05) is 28.1 Å². The zero-order valence-electron chi connectivity index (χ0n) is 10.5. The lowest BCUT2D eigenvalue weighted by Gasteiger charge is -2.08. The number of amides is 1. The van der Waals surface area contributed by atoms with Gasteiger partial charge in [-0.05, 0) is 48.9 Å². The number of benzene rings is 2. The molecule has 0 aliphatic heterocycles. The fraction of sp³-hybridized carbons (Fsp3) is 0.133. The molecule has 0 bridgehead atoms. The third-order valence-electron chi connectivity index (χ3n) is 2.49. The van der Waals surface area contributed by atoms with Crippen molar-refractivity contribution in [3.8, 4) is 5.75 Å². The average Bonchev–Trinajstić information content (AvgIpc) is 2.39. The highest BCUT2D eigenvalue weighted by Crippen LogP contribution is 2.15. The fourth-order valence-electron chi connectivity index (χ4n) is 1.58. The van der Waals surface area contributed by atoms with Crippen molar-refractivity contribution in [3.05, 3.63) is 58.6 Å². The van der Waals surface area contributed by atoms with Crippen LogP contribution < -0.4 is 10.1 Å². The molecule has 2 rings (SSSR count). The minimum absolute atomic E-state index is 0.000479. The Morgan fingerprint density at radius 2 is 1.95 bits per heavy atom. The maximum atomic E-state index is 11.7. The van der Waals surface area contributed by atoms with E-state index in [-0.39, 0.29) is 12.5 Å². The largest absolute Gasteiger partial charge is 0.484 e. The molecule has 0 spiro atoms. The molecule has 0 radical (unpaired) electrons. The van der Waals surface area contributed by atoms with E-state index in [1.807, 2.05) is 55.5 Å². The maximum Gasteiger partial charge on any atom is 0.262 e. The predicted molar refractivity (Wildman–Crippen MR) is 79.4 cm³/mol. The first-order chi connectivity index (χ1) is 9.13. The molecule has 0 aromatic heterocycles. The Balaban J connectivity index is 1.86. The molecule has 4 heteroatoms. The lowest BCUT2D eigenvalue weighted by molar-refractivity contribution is -0.118. The Labute approximate surface area is 120 Å². The van der Waals surface area contributed by atoms with Gasteiger partial charge in [0.25, 0.3) is 5.91 Å². The van der Waals surface area contributed by atoms with Crippen LogP contribution in [0.5, 0.6) is 5.75 Å². The quantitative estimate of drug-likeness (QED) is 0.931. The Kier molecular flexibility index (Phi) is 4.58. The third kappa shape index (κ3) is 4.41. The van der Waals surface area contributed by atoms with Crippen molar-refractivity contribution in [2.75, 3.05) is 11.9 Å². The van der Waals surface area contributed by atoms with E-state index < -0.39 is 0 Å². The van der Waals surface area contributed by atoms with Gasteiger partial charge in [-0.2, -0.15) is 0 Å². The van der Waals surface area contributed by atoms with Gasteiger partial charge in [0.05, 0.1) is 0 Å². The number of ether oxygens (including phenoxy) is 1. The number of hydrogen-bond donors (Lipinski definition) is 1. The summed E-state index contributed by atoms with van der Waals surface area (Å²) in [6, 6.07) is 15.0. The van der Waals surface area contributed by atoms with Gasteiger partial charge >= 0.3 is 0 Å². The first-order valence-corrected chi connectivity index (χ1v) is 6.68. The first kappa shape index (κ1) is 13.6. The Hall–Kier alpha value is -1.81. The average molecular weight is 320 g/mol. The zero-order chi connectivity index (χ0) is 13.7. The van der Waals surface area contributed by atoms with Crippen molar-refractivity contribution in [1.82, 2.24) is 0 Å². The van der Waals surface area contributed by atoms with Crippen LogP contribution in [-0.2, 0) is 4.79 Å². The number of hydrogen-bond acceptors (Lipinski definition) is 2. The van der Waals surface area contributed by atoms with Crippen LogP contribution in [0.25, 0.3) is 0 Å². The summed E-state index contributed by atoms with van der Waals surface area (Å²) in [6.45, 7) is 1.98. The number of carbonyl (C=O) groups excluding carboxylic acids is 1. The number of carbonyl (C=O) groups is 1. The van der Waals surface area contributed by atoms with Crippen molar-refractivity contribution in [3.63, 3.8) is 0 Å². The van der Waals surface area contributed by atoms with Crippen LogP contribution in [0.3, 0.4) is 0 Å². The SMILES string of the molecule is Cc1cccc(OCC(=O)Nc2ccc(Br)cc2)c1. The van der Waals surface area contributed by atoms with Crippen LogP contribution >= 0.6 is 15.9 Å². The van der Waals surface area contributed by atoms with Gasteiger partial charge in [0.1, 0.15) is 5.75 Å². The zero-order valence-corrected chi connectivity index (χ0v) is 12.1. The highest BCUT2D eigenvalue weighted by Gasteiger charge is 2.03. The summed E-state index contributed by atoms with van der Waals surface area (Å²) in [7, 11) is 0. The summed E-state index contributed by atoms with van der Waals surface area (Å²) < 4.78 is 6.40. The Morgan fingerprint density at radius 3 is 2.63 bits per heavy atom. The van der Waals surface area contributed by atoms with Crippen LogP contribution in [0.2, 0.25) is 0 Å². The molecule has 1 amide bonds. The summed E-state index contributed by atoms with van der Waals surface area (Å²) in [5.41, 5.74) is 1.85. The molecule has 0 heterocycles. The van der Waals surface area contributed by atoms with E-state index in [1.54, 1.807) is 0 Å². The van der Waals surface area contributed by atoms with Gasteiger partial charge in [0.2, 0.25) is 0 Å². The molecule has 0 saturated carbocycles. The van der Waals surface area contributed by atoms with Crippen LogP contribution in [0.15, 0.2) is 53.0 Å². The van der Waals surface area contributed by atoms with Crippen LogP contribution in [0.4, 0.5) is 5.69 Å². The van der Waals surface area contributed by atoms with E-state index >= 15 is 0 Å². The molecule has 0 fully saturated rings. The number of rotatable bonds is 4. The fourth-order valence-corrected chi connectivity index (χ4v) is 1.85. The Bertz CT molecular complexity index is 567. The van der Waals surface area contributed by atoms with Crippen molar-refractivity contribution < 1.29 is 9.53 Å². The smallest absolute Gasteiger partial charge is 0.262 e. The molecule has 0 aliphatic rings. The lowest BCUT2D eigenvalue weighted by Crippen LogP contribution is -2.20. The molecule has 0 saturated heterocycles. The van der Waals surface area contributed by atoms with Crippen LogP contribution in [-0.4, -0.2) is 12.5 Å². The lowest BCUT2D eigenvalue weighted by atomic mass is 10.2. The minimum atomic E-state index is -0.177. The molecule has 3 nitrogen and oxygen atoms in total. The molecular weight excluding hydrogens is 306 g/mol. The summed E-state index contributed by atoms with van der Waals surface area (Å²) in [6.07, 6.45) is 0. The van der Waals surface area contributed by atoms with E-state index in [2.05, 4.69) is 21.2 Å². The number of anilines is 1. The highest BCUT2D eigenvalue weighted by atomic mass is 79.9. The van der Waals surface area contributed by atoms with Gasteiger partial charge in [0, 0.05) is 10.2 Å². The second kappa shape index (κ2) is 6.38. The summed E-state index contributed by atoms with van der Waals surface area (Å²) in [4.78, 5) is 11.7. The summed E-state index contributed by atoms with van der Waals surface area (Å²) in [5, 5.41) is 2.77. The van der Waals surface area contributed by atoms with Crippen molar-refractivity contribution in [2.24, 2.45) is 0 Å². The second-order valence-electron chi connectivity index (χ2n) is 4.16. The number of aryl methyl sites for hydroxylation is 1. The van der Waals surface area contributed by atoms with Crippen molar-refractivity contribution in [2.45, 2.75) is 6.92 Å². The van der Waals surface area contributed by atoms with E-state index in [0.29, 0.717) is 5.75 Å². The standard InChI is InChI=1S/C15H14BrNO2/c1-11-3-2-4-14(9-11)19-10-15(18)17-13-7-5-12(16)6-8-13/h2-9H,10H2,1H3,(H,17,18). The maximum absolute atomic E-state index is 11.7. The van der Waals surface area contributed by atoms with Gasteiger partial charge in [-0.3, -0.25) is 4.79 Å². The molecule has 19 heavy (non-hydrogen) atoms. The van der Waals surface area contributed by atoms with E-state index in [1.165, 1.54) is 0 Å². The number of halogens is 1. The van der Waals surface area contributed by atoms with Gasteiger partial charge in [0.15, 0.2) is 6.61 Å². The number of nitrogens with one attached hydrogen (secondary N) is 1. The van der Waals surface area contributed by atoms with Gasteiger partial charge < -0.3 is 10.1 Å². The molecule has 2 aromatic carbocycles. The minimum Gasteiger partial charge on any atom is -0.484 e. The monoisotopic (exact) mass is 319 g/mol. The summed E-state index contributed by atoms with van der Waals surface area (Å²) in [5.74, 6) is 0.523. The highest BCUT2D eigenvalue weighted by molar-refractivity contribution is 9.10. The van der Waals surface area contributed by atoms with Gasteiger partial charge in [-0.15, -0.1) is 0 Å². The molecule has 0 atom stereocenters. The topological polar surface area (TPSA) is 38.3 Å². The van der Waals surface area contributed by atoms with Crippen LogP contribution in [0, 0.1) is 6.92 Å². The normalized spacial score (nSPS) is 10.0. The van der Waals surface area contributed by atoms with Gasteiger partial charge in [-0.25, -0.2) is 0 Å². The molecule has 98 valence electrons. The van der Waals surface area contributed by atoms with E-state index in [4.69, 9.17) is 4.74 Å². The Morgan fingerprint density at radius 1 is 1.21 bits per heavy atom. The second-order valence-corrected chi connectivity index (χ2v) is 5.08. The predicted octanol–water partition coefficient (Wildman–Crippen LogP) is 3.78. The molecule has 0 aliphatic carbocycles. The van der Waals surface area contributed by atoms with E-state index in [9.17, 15) is 4.79 Å². The third-order valence-corrected chi connectivity index (χ3v) is 3.02.